The summed E-state index contributed by atoms with van der Waals surface area (Å²) < 4.78 is 7.25. The number of aliphatic carboxylic acids is 1. The smallest absolute Gasteiger partial charge is 0.307 e. The second kappa shape index (κ2) is 11.9. The van der Waals surface area contributed by atoms with Crippen molar-refractivity contribution in [3.8, 4) is 11.1 Å². The molecule has 6 nitrogen and oxygen atoms in total. The average molecular weight is 581 g/mol. The minimum Gasteiger partial charge on any atom is -0.481 e. The highest BCUT2D eigenvalue weighted by Gasteiger charge is 2.35. The molecule has 1 unspecified atom stereocenters. The molecule has 0 bridgehead atoms. The number of carboxylic acid groups (broad SMARTS) is 1. The number of benzene rings is 3. The van der Waals surface area contributed by atoms with Crippen LogP contribution in [0.25, 0.3) is 21.3 Å². The van der Waals surface area contributed by atoms with Gasteiger partial charge in [-0.1, -0.05) is 64.9 Å². The molecule has 0 radical (unpaired) electrons. The van der Waals surface area contributed by atoms with E-state index in [2.05, 4.69) is 43.0 Å². The van der Waals surface area contributed by atoms with Gasteiger partial charge in [0, 0.05) is 17.1 Å². The van der Waals surface area contributed by atoms with Gasteiger partial charge in [0.1, 0.15) is 5.60 Å². The van der Waals surface area contributed by atoms with Gasteiger partial charge in [-0.25, -0.2) is 4.98 Å². The first-order valence-electron chi connectivity index (χ1n) is 13.3. The van der Waals surface area contributed by atoms with Gasteiger partial charge in [0.15, 0.2) is 5.13 Å². The van der Waals surface area contributed by atoms with Crippen LogP contribution in [-0.4, -0.2) is 46.5 Å². The number of ether oxygens (including phenoxy) is 1. The van der Waals surface area contributed by atoms with Crippen molar-refractivity contribution in [1.82, 2.24) is 4.98 Å². The molecular weight excluding hydrogens is 544 g/mol. The average Bonchev–Trinajstić information content (AvgIpc) is 3.28. The summed E-state index contributed by atoms with van der Waals surface area (Å²) >= 11 is 7.75. The van der Waals surface area contributed by atoms with Gasteiger partial charge in [-0.05, 0) is 82.0 Å². The van der Waals surface area contributed by atoms with Gasteiger partial charge in [-0.3, -0.25) is 4.79 Å². The van der Waals surface area contributed by atoms with Crippen molar-refractivity contribution in [2.75, 3.05) is 24.6 Å². The normalized spacial score (nSPS) is 17.4. The van der Waals surface area contributed by atoms with Crippen LogP contribution in [0.1, 0.15) is 49.9 Å². The highest BCUT2D eigenvalue weighted by Crippen LogP contribution is 2.42. The third kappa shape index (κ3) is 7.21. The first-order valence-corrected chi connectivity index (χ1v) is 14.5. The number of carbonyl (C=O) groups is 1. The van der Waals surface area contributed by atoms with Gasteiger partial charge >= 0.3 is 5.97 Å². The topological polar surface area (TPSA) is 82.9 Å². The van der Waals surface area contributed by atoms with Gasteiger partial charge in [0.05, 0.1) is 35.4 Å². The van der Waals surface area contributed by atoms with Gasteiger partial charge in [0.25, 0.3) is 0 Å². The maximum absolute atomic E-state index is 11.7. The third-order valence-corrected chi connectivity index (χ3v) is 8.07. The predicted octanol–water partition coefficient (Wildman–Crippen LogP) is 7.39. The van der Waals surface area contributed by atoms with E-state index in [0.717, 1.165) is 49.7 Å². The van der Waals surface area contributed by atoms with Crippen LogP contribution in [0.4, 0.5) is 5.13 Å². The molecule has 2 N–H and O–H groups in total. The number of hydrogen-bond donors (Lipinski definition) is 2. The Labute approximate surface area is 245 Å². The molecule has 1 aliphatic rings. The standard InChI is InChI=1S/C28H27ClN2O3S.C4H10O/c1-17-4-8-20(9-5-17)28(3)16-31(12-13-34-28)27-30-23-14-18(2)22(15-24(32)33)25(26(23)35-27)19-6-10-21(29)11-7-19;1-4(2,3)5/h4-11,14H,12-13,15-16H2,1-3H3,(H,32,33);5H,1-3H3. The van der Waals surface area contributed by atoms with Crippen LogP contribution in [0, 0.1) is 13.8 Å². The highest BCUT2D eigenvalue weighted by atomic mass is 35.5. The number of carboxylic acids is 1. The van der Waals surface area contributed by atoms with Gasteiger partial charge in [-0.15, -0.1) is 0 Å². The molecule has 1 atom stereocenters. The largest absolute Gasteiger partial charge is 0.481 e. The molecule has 3 aromatic carbocycles. The van der Waals surface area contributed by atoms with Crippen molar-refractivity contribution in [1.29, 1.82) is 0 Å². The lowest BCUT2D eigenvalue weighted by Crippen LogP contribution is -2.48. The van der Waals surface area contributed by atoms with E-state index >= 15 is 0 Å². The van der Waals surface area contributed by atoms with Crippen LogP contribution in [0.2, 0.25) is 5.02 Å². The van der Waals surface area contributed by atoms with E-state index in [-0.39, 0.29) is 6.42 Å². The zero-order valence-corrected chi connectivity index (χ0v) is 25.5. The number of nitrogens with zero attached hydrogens (tertiary/aromatic N) is 2. The van der Waals surface area contributed by atoms with E-state index in [1.54, 1.807) is 32.1 Å². The Balaban J connectivity index is 0.000000681. The Morgan fingerprint density at radius 3 is 2.35 bits per heavy atom. The molecule has 1 aliphatic heterocycles. The number of fused-ring (bicyclic) bond motifs is 1. The van der Waals surface area contributed by atoms with E-state index < -0.39 is 17.2 Å². The second-order valence-corrected chi connectivity index (χ2v) is 12.9. The van der Waals surface area contributed by atoms with Crippen LogP contribution in [-0.2, 0) is 21.6 Å². The summed E-state index contributed by atoms with van der Waals surface area (Å²) in [4.78, 5) is 19.0. The van der Waals surface area contributed by atoms with Gasteiger partial charge in [0.2, 0.25) is 0 Å². The van der Waals surface area contributed by atoms with E-state index in [0.29, 0.717) is 18.2 Å². The first-order chi connectivity index (χ1) is 18.7. The van der Waals surface area contributed by atoms with Crippen molar-refractivity contribution in [3.05, 3.63) is 81.9 Å². The van der Waals surface area contributed by atoms with E-state index in [1.165, 1.54) is 5.56 Å². The third-order valence-electron chi connectivity index (χ3n) is 6.67. The van der Waals surface area contributed by atoms with Gasteiger partial charge < -0.3 is 19.8 Å². The second-order valence-electron chi connectivity index (χ2n) is 11.5. The summed E-state index contributed by atoms with van der Waals surface area (Å²) in [6.45, 7) is 13.4. The lowest BCUT2D eigenvalue weighted by atomic mass is 9.93. The Morgan fingerprint density at radius 2 is 1.75 bits per heavy atom. The maximum atomic E-state index is 11.7. The molecule has 1 aromatic heterocycles. The van der Waals surface area contributed by atoms with Crippen molar-refractivity contribution < 1.29 is 19.7 Å². The number of rotatable bonds is 5. The Hall–Kier alpha value is -2.97. The zero-order valence-electron chi connectivity index (χ0n) is 23.9. The predicted molar refractivity (Wildman–Crippen MR) is 165 cm³/mol. The molecule has 4 aromatic rings. The number of morpholine rings is 1. The van der Waals surface area contributed by atoms with Crippen LogP contribution >= 0.6 is 22.9 Å². The van der Waals surface area contributed by atoms with Crippen molar-refractivity contribution in [2.24, 2.45) is 0 Å². The molecule has 2 heterocycles. The Bertz CT molecular complexity index is 1490. The van der Waals surface area contributed by atoms with E-state index in [1.807, 2.05) is 37.3 Å². The van der Waals surface area contributed by atoms with E-state index in [4.69, 9.17) is 26.4 Å². The number of halogens is 1. The Kier molecular flexibility index (Phi) is 8.90. The van der Waals surface area contributed by atoms with Crippen molar-refractivity contribution in [2.45, 2.75) is 59.2 Å². The molecule has 5 rings (SSSR count). The lowest BCUT2D eigenvalue weighted by Gasteiger charge is -2.40. The highest BCUT2D eigenvalue weighted by molar-refractivity contribution is 7.22. The summed E-state index contributed by atoms with van der Waals surface area (Å²) in [5.41, 5.74) is 5.92. The van der Waals surface area contributed by atoms with Crippen LogP contribution in [0.15, 0.2) is 54.6 Å². The van der Waals surface area contributed by atoms with E-state index in [9.17, 15) is 9.90 Å². The van der Waals surface area contributed by atoms with Crippen molar-refractivity contribution >= 4 is 44.3 Å². The molecule has 0 aliphatic carbocycles. The summed E-state index contributed by atoms with van der Waals surface area (Å²) in [5, 5.41) is 19.7. The maximum Gasteiger partial charge on any atom is 0.307 e. The SMILES string of the molecule is CC(C)(C)O.Cc1ccc(C2(C)CN(c3nc4cc(C)c(CC(=O)O)c(-c5ccc(Cl)cc5)c4s3)CCO2)cc1. The summed E-state index contributed by atoms with van der Waals surface area (Å²) in [7, 11) is 0. The monoisotopic (exact) mass is 580 g/mol. The molecule has 40 heavy (non-hydrogen) atoms. The number of aryl methyl sites for hydroxylation is 2. The number of hydrogen-bond acceptors (Lipinski definition) is 6. The minimum atomic E-state index is -0.852. The number of thiazole rings is 1. The summed E-state index contributed by atoms with van der Waals surface area (Å²) in [6.07, 6.45) is -0.0456. The summed E-state index contributed by atoms with van der Waals surface area (Å²) in [6, 6.07) is 18.1. The lowest BCUT2D eigenvalue weighted by molar-refractivity contribution is -0.136. The molecule has 1 saturated heterocycles. The fourth-order valence-corrected chi connectivity index (χ4v) is 6.06. The van der Waals surface area contributed by atoms with Crippen LogP contribution in [0.3, 0.4) is 0 Å². The molecule has 212 valence electrons. The number of anilines is 1. The quantitative estimate of drug-likeness (QED) is 0.256. The van der Waals surface area contributed by atoms with Crippen LogP contribution < -0.4 is 4.90 Å². The molecule has 0 amide bonds. The number of aliphatic hydroxyl groups is 1. The molecule has 0 saturated carbocycles. The van der Waals surface area contributed by atoms with Crippen LogP contribution in [0.5, 0.6) is 0 Å². The first kappa shape index (κ1) is 30.0. The summed E-state index contributed by atoms with van der Waals surface area (Å²) in [5.74, 6) is -0.852. The fraction of sp³-hybridized carbons (Fsp3) is 0.375. The minimum absolute atomic E-state index is 0.0456. The fourth-order valence-electron chi connectivity index (χ4n) is 4.77. The number of aromatic nitrogens is 1. The molecule has 1 fully saturated rings. The zero-order chi connectivity index (χ0) is 29.2. The van der Waals surface area contributed by atoms with Gasteiger partial charge in [-0.2, -0.15) is 0 Å². The molecule has 8 heteroatoms. The van der Waals surface area contributed by atoms with Crippen molar-refractivity contribution in [3.63, 3.8) is 0 Å². The Morgan fingerprint density at radius 1 is 1.12 bits per heavy atom. The molecular formula is C32H37ClN2O4S. The molecule has 0 spiro atoms.